The zero-order valence-corrected chi connectivity index (χ0v) is 16.5. The van der Waals surface area contributed by atoms with E-state index in [4.69, 9.17) is 9.84 Å². The fourth-order valence-electron chi connectivity index (χ4n) is 4.26. The van der Waals surface area contributed by atoms with E-state index in [2.05, 4.69) is 26.5 Å². The molecule has 5 heteroatoms. The van der Waals surface area contributed by atoms with Crippen molar-refractivity contribution >= 4 is 5.97 Å². The van der Waals surface area contributed by atoms with Gasteiger partial charge in [0.15, 0.2) is 0 Å². The summed E-state index contributed by atoms with van der Waals surface area (Å²) in [5.41, 5.74) is 1.92. The number of carboxylic acids is 1. The lowest BCUT2D eigenvalue weighted by atomic mass is 9.87. The molecule has 0 radical (unpaired) electrons. The Hall–Kier alpha value is -1.43. The molecule has 0 amide bonds. The Balaban J connectivity index is 1.90. The van der Waals surface area contributed by atoms with E-state index < -0.39 is 12.1 Å². The minimum Gasteiger partial charge on any atom is -0.480 e. The SMILES string of the molecule is C=C(COCC(=O)O)C1=C[C@H]2C[C@@H](O)[C@H](/C=C/[C@@H](O)C(C)CCCC)[C@H]2C1. The number of aliphatic hydroxyl groups excluding tert-OH is 2. The highest BCUT2D eigenvalue weighted by Crippen LogP contribution is 2.48. The summed E-state index contributed by atoms with van der Waals surface area (Å²) in [5, 5.41) is 29.4. The lowest BCUT2D eigenvalue weighted by Crippen LogP contribution is -2.20. The number of hydrogen-bond donors (Lipinski definition) is 3. The molecular formula is C22H34O5. The van der Waals surface area contributed by atoms with E-state index in [0.717, 1.165) is 36.8 Å². The van der Waals surface area contributed by atoms with Crippen LogP contribution in [-0.2, 0) is 9.53 Å². The van der Waals surface area contributed by atoms with Crippen molar-refractivity contribution in [3.05, 3.63) is 36.0 Å². The number of aliphatic carboxylic acids is 1. The molecule has 2 rings (SSSR count). The summed E-state index contributed by atoms with van der Waals surface area (Å²) in [5.74, 6) is -0.125. The first-order chi connectivity index (χ1) is 12.8. The third-order valence-electron chi connectivity index (χ3n) is 5.96. The third kappa shape index (κ3) is 6.03. The fourth-order valence-corrected chi connectivity index (χ4v) is 4.26. The van der Waals surface area contributed by atoms with Crippen LogP contribution in [-0.4, -0.2) is 46.7 Å². The van der Waals surface area contributed by atoms with Gasteiger partial charge >= 0.3 is 5.97 Å². The maximum atomic E-state index is 10.5. The second-order valence-electron chi connectivity index (χ2n) is 8.09. The molecule has 0 saturated heterocycles. The van der Waals surface area contributed by atoms with Crippen LogP contribution < -0.4 is 0 Å². The number of hydrogen-bond acceptors (Lipinski definition) is 4. The molecule has 0 spiro atoms. The van der Waals surface area contributed by atoms with Crippen LogP contribution in [0.25, 0.3) is 0 Å². The first-order valence-corrected chi connectivity index (χ1v) is 10.1. The molecule has 0 aromatic rings. The lowest BCUT2D eigenvalue weighted by molar-refractivity contribution is -0.141. The predicted octanol–water partition coefficient (Wildman–Crippen LogP) is 3.33. The summed E-state index contributed by atoms with van der Waals surface area (Å²) in [6.07, 6.45) is 9.93. The van der Waals surface area contributed by atoms with Gasteiger partial charge in [-0.25, -0.2) is 4.79 Å². The predicted molar refractivity (Wildman–Crippen MR) is 105 cm³/mol. The normalized spacial score (nSPS) is 29.6. The van der Waals surface area contributed by atoms with Gasteiger partial charge in [-0.05, 0) is 48.2 Å². The van der Waals surface area contributed by atoms with Crippen LogP contribution in [0.5, 0.6) is 0 Å². The molecule has 3 N–H and O–H groups in total. The molecule has 0 heterocycles. The lowest BCUT2D eigenvalue weighted by Gasteiger charge is -2.20. The van der Waals surface area contributed by atoms with Gasteiger partial charge in [-0.3, -0.25) is 0 Å². The average Bonchev–Trinajstić information content (AvgIpc) is 3.14. The van der Waals surface area contributed by atoms with Gasteiger partial charge in [-0.1, -0.05) is 51.5 Å². The zero-order chi connectivity index (χ0) is 20.0. The van der Waals surface area contributed by atoms with Crippen LogP contribution in [0.3, 0.4) is 0 Å². The molecule has 6 atom stereocenters. The Labute approximate surface area is 162 Å². The van der Waals surface area contributed by atoms with E-state index in [1.165, 1.54) is 0 Å². The molecule has 5 nitrogen and oxygen atoms in total. The molecular weight excluding hydrogens is 344 g/mol. The summed E-state index contributed by atoms with van der Waals surface area (Å²) >= 11 is 0. The summed E-state index contributed by atoms with van der Waals surface area (Å²) in [6.45, 7) is 8.13. The maximum Gasteiger partial charge on any atom is 0.329 e. The zero-order valence-electron chi connectivity index (χ0n) is 16.5. The second kappa shape index (κ2) is 10.2. The first kappa shape index (κ1) is 21.9. The van der Waals surface area contributed by atoms with E-state index in [0.29, 0.717) is 18.3 Å². The van der Waals surface area contributed by atoms with Crippen molar-refractivity contribution in [2.75, 3.05) is 13.2 Å². The van der Waals surface area contributed by atoms with E-state index in [-0.39, 0.29) is 31.2 Å². The highest BCUT2D eigenvalue weighted by Gasteiger charge is 2.43. The van der Waals surface area contributed by atoms with Crippen LogP contribution in [0.1, 0.15) is 46.0 Å². The smallest absolute Gasteiger partial charge is 0.329 e. The van der Waals surface area contributed by atoms with Crippen molar-refractivity contribution in [1.82, 2.24) is 0 Å². The van der Waals surface area contributed by atoms with Crippen LogP contribution in [0.15, 0.2) is 36.0 Å². The Kier molecular flexibility index (Phi) is 8.27. The highest BCUT2D eigenvalue weighted by atomic mass is 16.5. The highest BCUT2D eigenvalue weighted by molar-refractivity contribution is 5.68. The molecule has 0 bridgehead atoms. The van der Waals surface area contributed by atoms with E-state index in [9.17, 15) is 15.0 Å². The Morgan fingerprint density at radius 3 is 2.85 bits per heavy atom. The van der Waals surface area contributed by atoms with Gasteiger partial charge < -0.3 is 20.1 Å². The van der Waals surface area contributed by atoms with Crippen molar-refractivity contribution in [2.24, 2.45) is 23.7 Å². The number of rotatable bonds is 11. The average molecular weight is 379 g/mol. The number of carbonyl (C=O) groups is 1. The fraction of sp³-hybridized carbons (Fsp3) is 0.682. The molecule has 152 valence electrons. The maximum absolute atomic E-state index is 10.5. The number of aliphatic hydroxyl groups is 2. The summed E-state index contributed by atoms with van der Waals surface area (Å²) in [4.78, 5) is 10.5. The molecule has 2 aliphatic rings. The molecule has 1 unspecified atom stereocenters. The largest absolute Gasteiger partial charge is 0.480 e. The van der Waals surface area contributed by atoms with Crippen LogP contribution >= 0.6 is 0 Å². The van der Waals surface area contributed by atoms with Crippen molar-refractivity contribution in [3.63, 3.8) is 0 Å². The van der Waals surface area contributed by atoms with Gasteiger partial charge in [-0.2, -0.15) is 0 Å². The number of carboxylic acid groups (broad SMARTS) is 1. The topological polar surface area (TPSA) is 87.0 Å². The van der Waals surface area contributed by atoms with E-state index >= 15 is 0 Å². The van der Waals surface area contributed by atoms with Gasteiger partial charge in [0.2, 0.25) is 0 Å². The van der Waals surface area contributed by atoms with Crippen molar-refractivity contribution < 1.29 is 24.9 Å². The summed E-state index contributed by atoms with van der Waals surface area (Å²) in [6, 6.07) is 0. The molecule has 0 aliphatic heterocycles. The van der Waals surface area contributed by atoms with E-state index in [1.54, 1.807) is 0 Å². The quantitative estimate of drug-likeness (QED) is 0.480. The molecule has 2 aliphatic carbocycles. The van der Waals surface area contributed by atoms with Crippen molar-refractivity contribution in [1.29, 1.82) is 0 Å². The Morgan fingerprint density at radius 2 is 2.19 bits per heavy atom. The molecule has 0 aromatic heterocycles. The Morgan fingerprint density at radius 1 is 1.44 bits per heavy atom. The molecule has 1 saturated carbocycles. The van der Waals surface area contributed by atoms with E-state index in [1.807, 2.05) is 12.2 Å². The van der Waals surface area contributed by atoms with Gasteiger partial charge in [-0.15, -0.1) is 0 Å². The van der Waals surface area contributed by atoms with Gasteiger partial charge in [0.1, 0.15) is 6.61 Å². The van der Waals surface area contributed by atoms with Gasteiger partial charge in [0, 0.05) is 5.92 Å². The molecule has 27 heavy (non-hydrogen) atoms. The third-order valence-corrected chi connectivity index (χ3v) is 5.96. The van der Waals surface area contributed by atoms with Crippen LogP contribution in [0, 0.1) is 23.7 Å². The minimum atomic E-state index is -0.986. The first-order valence-electron chi connectivity index (χ1n) is 10.1. The van der Waals surface area contributed by atoms with Gasteiger partial charge in [0.25, 0.3) is 0 Å². The number of unbranched alkanes of at least 4 members (excludes halogenated alkanes) is 1. The monoisotopic (exact) mass is 378 g/mol. The minimum absolute atomic E-state index is 0.0320. The van der Waals surface area contributed by atoms with Crippen LogP contribution in [0.4, 0.5) is 0 Å². The van der Waals surface area contributed by atoms with Crippen LogP contribution in [0.2, 0.25) is 0 Å². The second-order valence-corrected chi connectivity index (χ2v) is 8.09. The van der Waals surface area contributed by atoms with Gasteiger partial charge in [0.05, 0.1) is 18.8 Å². The van der Waals surface area contributed by atoms with Crippen molar-refractivity contribution in [3.8, 4) is 0 Å². The summed E-state index contributed by atoms with van der Waals surface area (Å²) < 4.78 is 5.14. The number of fused-ring (bicyclic) bond motifs is 1. The van der Waals surface area contributed by atoms with Crippen molar-refractivity contribution in [2.45, 2.75) is 58.2 Å². The molecule has 0 aromatic carbocycles. The Bertz CT molecular complexity index is 579. The number of allylic oxidation sites excluding steroid dienone is 1. The summed E-state index contributed by atoms with van der Waals surface area (Å²) in [7, 11) is 0. The number of ether oxygens (including phenoxy) is 1. The standard InChI is InChI=1S/C22H34O5/c1-4-5-6-14(2)20(23)8-7-18-19-10-16(9-17(19)11-21(18)24)15(3)12-27-13-22(25)26/h7-9,14,17-21,23-24H,3-6,10-13H2,1-2H3,(H,25,26)/b8-7+/t14?,17-,18+,19-,20+,21+/m0/s1. The molecule has 1 fully saturated rings.